The molecule has 1 aromatic carbocycles. The molecule has 0 N–H and O–H groups in total. The summed E-state index contributed by atoms with van der Waals surface area (Å²) in [7, 11) is 0. The Morgan fingerprint density at radius 1 is 1.09 bits per heavy atom. The van der Waals surface area contributed by atoms with Crippen molar-refractivity contribution in [2.75, 3.05) is 0 Å². The molecule has 0 aliphatic heterocycles. The van der Waals surface area contributed by atoms with E-state index in [2.05, 4.69) is 52.2 Å². The molecule has 110 valence electrons. The van der Waals surface area contributed by atoms with Gasteiger partial charge in [0.2, 0.25) is 0 Å². The Labute approximate surface area is 133 Å². The fraction of sp³-hybridized carbons (Fsp3) is 0.222. The summed E-state index contributed by atoms with van der Waals surface area (Å²) in [5, 5.41) is 3.28. The highest BCUT2D eigenvalue weighted by Gasteiger charge is 2.13. The van der Waals surface area contributed by atoms with Gasteiger partial charge in [-0.05, 0) is 23.9 Å². The minimum atomic E-state index is 0.820. The topological polar surface area (TPSA) is 30.7 Å². The molecule has 0 amide bonds. The Kier molecular flexibility index (Phi) is 3.39. The van der Waals surface area contributed by atoms with Crippen LogP contribution in [0, 0.1) is 0 Å². The van der Waals surface area contributed by atoms with Gasteiger partial charge in [0.15, 0.2) is 5.82 Å². The Morgan fingerprint density at radius 2 is 2.00 bits per heavy atom. The SMILES string of the molecule is CCCCn1c2ccccc2c2nc(-c3cccs3)ncc21. The van der Waals surface area contributed by atoms with E-state index in [-0.39, 0.29) is 0 Å². The predicted molar refractivity (Wildman–Crippen MR) is 93.3 cm³/mol. The van der Waals surface area contributed by atoms with Crippen LogP contribution in [0.4, 0.5) is 0 Å². The summed E-state index contributed by atoms with van der Waals surface area (Å²) in [6.45, 7) is 3.24. The first-order chi connectivity index (χ1) is 10.9. The van der Waals surface area contributed by atoms with Gasteiger partial charge in [0.1, 0.15) is 5.52 Å². The third-order valence-corrected chi connectivity index (χ3v) is 4.85. The first-order valence-corrected chi connectivity index (χ1v) is 8.54. The largest absolute Gasteiger partial charge is 0.338 e. The fourth-order valence-electron chi connectivity index (χ4n) is 2.89. The van der Waals surface area contributed by atoms with Crippen molar-refractivity contribution in [2.45, 2.75) is 26.3 Å². The number of aryl methyl sites for hydroxylation is 1. The zero-order valence-corrected chi connectivity index (χ0v) is 13.3. The molecular weight excluding hydrogens is 290 g/mol. The maximum atomic E-state index is 4.85. The Bertz CT molecular complexity index is 922. The van der Waals surface area contributed by atoms with Gasteiger partial charge < -0.3 is 4.57 Å². The van der Waals surface area contributed by atoms with Crippen molar-refractivity contribution in [1.82, 2.24) is 14.5 Å². The van der Waals surface area contributed by atoms with Crippen LogP contribution in [-0.2, 0) is 6.54 Å². The van der Waals surface area contributed by atoms with Crippen molar-refractivity contribution < 1.29 is 0 Å². The van der Waals surface area contributed by atoms with Gasteiger partial charge in [-0.2, -0.15) is 0 Å². The lowest BCUT2D eigenvalue weighted by atomic mass is 10.2. The van der Waals surface area contributed by atoms with Gasteiger partial charge in [0, 0.05) is 11.9 Å². The normalized spacial score (nSPS) is 11.5. The fourth-order valence-corrected chi connectivity index (χ4v) is 3.56. The van der Waals surface area contributed by atoms with Crippen LogP contribution in [-0.4, -0.2) is 14.5 Å². The van der Waals surface area contributed by atoms with Gasteiger partial charge >= 0.3 is 0 Å². The third kappa shape index (κ3) is 2.11. The highest BCUT2D eigenvalue weighted by molar-refractivity contribution is 7.13. The van der Waals surface area contributed by atoms with Gasteiger partial charge in [0.05, 0.1) is 22.1 Å². The lowest BCUT2D eigenvalue weighted by molar-refractivity contribution is 0.664. The number of hydrogen-bond donors (Lipinski definition) is 0. The van der Waals surface area contributed by atoms with Gasteiger partial charge in [-0.3, -0.25) is 0 Å². The molecule has 0 aliphatic carbocycles. The second-order valence-electron chi connectivity index (χ2n) is 5.43. The second kappa shape index (κ2) is 5.54. The van der Waals surface area contributed by atoms with Gasteiger partial charge in [-0.15, -0.1) is 11.3 Å². The van der Waals surface area contributed by atoms with Crippen LogP contribution in [0.15, 0.2) is 48.0 Å². The lowest BCUT2D eigenvalue weighted by Gasteiger charge is -2.05. The van der Waals surface area contributed by atoms with Crippen LogP contribution in [0.25, 0.3) is 32.6 Å². The molecule has 3 nitrogen and oxygen atoms in total. The van der Waals surface area contributed by atoms with Crippen molar-refractivity contribution in [3.63, 3.8) is 0 Å². The molecule has 0 saturated carbocycles. The molecule has 0 saturated heterocycles. The number of fused-ring (bicyclic) bond motifs is 3. The molecule has 0 spiro atoms. The highest BCUT2D eigenvalue weighted by atomic mass is 32.1. The molecule has 0 atom stereocenters. The Balaban J connectivity index is 1.98. The second-order valence-corrected chi connectivity index (χ2v) is 6.37. The molecule has 0 unspecified atom stereocenters. The number of benzene rings is 1. The molecule has 4 aromatic rings. The number of nitrogens with zero attached hydrogens (tertiary/aromatic N) is 3. The van der Waals surface area contributed by atoms with Crippen LogP contribution in [0.2, 0.25) is 0 Å². The Hall–Kier alpha value is -2.20. The smallest absolute Gasteiger partial charge is 0.170 e. The van der Waals surface area contributed by atoms with Crippen molar-refractivity contribution >= 4 is 33.3 Å². The van der Waals surface area contributed by atoms with Gasteiger partial charge in [-0.1, -0.05) is 37.6 Å². The average molecular weight is 307 g/mol. The third-order valence-electron chi connectivity index (χ3n) is 3.99. The number of para-hydroxylation sites is 1. The van der Waals surface area contributed by atoms with Crippen molar-refractivity contribution in [3.8, 4) is 10.7 Å². The molecule has 0 radical (unpaired) electrons. The molecule has 0 aliphatic rings. The van der Waals surface area contributed by atoms with Gasteiger partial charge in [0.25, 0.3) is 0 Å². The number of aromatic nitrogens is 3. The van der Waals surface area contributed by atoms with Crippen LogP contribution >= 0.6 is 11.3 Å². The van der Waals surface area contributed by atoms with E-state index < -0.39 is 0 Å². The van der Waals surface area contributed by atoms with Gasteiger partial charge in [-0.25, -0.2) is 9.97 Å². The monoisotopic (exact) mass is 307 g/mol. The minimum absolute atomic E-state index is 0.820. The quantitative estimate of drug-likeness (QED) is 0.524. The van der Waals surface area contributed by atoms with E-state index in [0.717, 1.165) is 28.3 Å². The van der Waals surface area contributed by atoms with Crippen molar-refractivity contribution in [2.24, 2.45) is 0 Å². The summed E-state index contributed by atoms with van der Waals surface area (Å²) in [5.74, 6) is 0.820. The standard InChI is InChI=1S/C18H17N3S/c1-2-3-10-21-14-8-5-4-7-13(14)17-15(21)12-19-18(20-17)16-9-6-11-22-16/h4-9,11-12H,2-3,10H2,1H3. The summed E-state index contributed by atoms with van der Waals surface area (Å²) in [6.07, 6.45) is 4.33. The average Bonchev–Trinajstić information content (AvgIpc) is 3.19. The minimum Gasteiger partial charge on any atom is -0.338 e. The summed E-state index contributed by atoms with van der Waals surface area (Å²) in [6, 6.07) is 12.6. The van der Waals surface area contributed by atoms with E-state index in [0.29, 0.717) is 0 Å². The van der Waals surface area contributed by atoms with Crippen LogP contribution < -0.4 is 0 Å². The number of thiophene rings is 1. The van der Waals surface area contributed by atoms with Crippen LogP contribution in [0.1, 0.15) is 19.8 Å². The molecule has 22 heavy (non-hydrogen) atoms. The Morgan fingerprint density at radius 3 is 2.82 bits per heavy atom. The van der Waals surface area contributed by atoms with Crippen molar-refractivity contribution in [3.05, 3.63) is 48.0 Å². The number of rotatable bonds is 4. The predicted octanol–water partition coefficient (Wildman–Crippen LogP) is 5.11. The van der Waals surface area contributed by atoms with Crippen LogP contribution in [0.3, 0.4) is 0 Å². The summed E-state index contributed by atoms with van der Waals surface area (Å²) in [5.41, 5.74) is 3.45. The summed E-state index contributed by atoms with van der Waals surface area (Å²) in [4.78, 5) is 10.6. The lowest BCUT2D eigenvalue weighted by Crippen LogP contribution is -1.98. The molecule has 3 aromatic heterocycles. The van der Waals surface area contributed by atoms with E-state index >= 15 is 0 Å². The first-order valence-electron chi connectivity index (χ1n) is 7.66. The molecule has 3 heterocycles. The van der Waals surface area contributed by atoms with E-state index in [4.69, 9.17) is 4.98 Å². The first kappa shape index (κ1) is 13.5. The van der Waals surface area contributed by atoms with E-state index in [1.165, 1.54) is 23.7 Å². The highest BCUT2D eigenvalue weighted by Crippen LogP contribution is 2.30. The summed E-state index contributed by atoms with van der Waals surface area (Å²) < 4.78 is 2.35. The molecular formula is C18H17N3S. The van der Waals surface area contributed by atoms with Crippen LogP contribution in [0.5, 0.6) is 0 Å². The number of unbranched alkanes of at least 4 members (excludes halogenated alkanes) is 1. The maximum Gasteiger partial charge on any atom is 0.170 e. The van der Waals surface area contributed by atoms with Crippen molar-refractivity contribution in [1.29, 1.82) is 0 Å². The van der Waals surface area contributed by atoms with E-state index in [1.807, 2.05) is 12.3 Å². The number of hydrogen-bond acceptors (Lipinski definition) is 3. The molecule has 0 bridgehead atoms. The zero-order chi connectivity index (χ0) is 14.9. The molecule has 0 fully saturated rings. The van der Waals surface area contributed by atoms with E-state index in [9.17, 15) is 0 Å². The maximum absolute atomic E-state index is 4.85. The zero-order valence-electron chi connectivity index (χ0n) is 12.5. The molecule has 4 rings (SSSR count). The summed E-state index contributed by atoms with van der Waals surface area (Å²) >= 11 is 1.68. The molecule has 4 heteroatoms. The van der Waals surface area contributed by atoms with E-state index in [1.54, 1.807) is 11.3 Å².